The van der Waals surface area contributed by atoms with Crippen molar-refractivity contribution in [2.75, 3.05) is 13.2 Å². The summed E-state index contributed by atoms with van der Waals surface area (Å²) in [4.78, 5) is 25.4. The smallest absolute Gasteiger partial charge is 0.337 e. The first kappa shape index (κ1) is 22.2. The maximum atomic E-state index is 12.9. The van der Waals surface area contributed by atoms with E-state index in [0.29, 0.717) is 24.4 Å². The van der Waals surface area contributed by atoms with Crippen LogP contribution in [0.1, 0.15) is 47.5 Å². The molecule has 0 saturated heterocycles. The summed E-state index contributed by atoms with van der Waals surface area (Å²) in [5.74, 6) is -0.792. The number of rotatable bonds is 6. The van der Waals surface area contributed by atoms with Crippen LogP contribution in [-0.4, -0.2) is 51.8 Å². The first-order valence-electron chi connectivity index (χ1n) is 10.6. The van der Waals surface area contributed by atoms with Gasteiger partial charge >= 0.3 is 11.9 Å². The molecule has 0 N–H and O–H groups in total. The fourth-order valence-electron chi connectivity index (χ4n) is 4.22. The lowest BCUT2D eigenvalue weighted by Gasteiger charge is -2.40. The summed E-state index contributed by atoms with van der Waals surface area (Å²) >= 11 is 0. The van der Waals surface area contributed by atoms with E-state index in [9.17, 15) is 9.59 Å². The van der Waals surface area contributed by atoms with E-state index in [2.05, 4.69) is 33.9 Å². The van der Waals surface area contributed by atoms with Gasteiger partial charge in [0.05, 0.1) is 36.6 Å². The van der Waals surface area contributed by atoms with Gasteiger partial charge in [0.15, 0.2) is 8.32 Å². The molecule has 0 aromatic rings. The minimum atomic E-state index is -2.04. The molecule has 0 aromatic carbocycles. The van der Waals surface area contributed by atoms with Gasteiger partial charge in [-0.1, -0.05) is 20.8 Å². The van der Waals surface area contributed by atoms with Crippen LogP contribution in [0.4, 0.5) is 0 Å². The Labute approximate surface area is 174 Å². The van der Waals surface area contributed by atoms with Crippen molar-refractivity contribution in [1.82, 2.24) is 0 Å². The third-order valence-electron chi connectivity index (χ3n) is 6.63. The lowest BCUT2D eigenvalue weighted by molar-refractivity contribution is -0.141. The van der Waals surface area contributed by atoms with Gasteiger partial charge in [-0.15, -0.1) is 0 Å². The second-order valence-corrected chi connectivity index (χ2v) is 14.2. The third kappa shape index (κ3) is 3.96. The zero-order chi connectivity index (χ0) is 21.6. The molecule has 7 heteroatoms. The zero-order valence-corrected chi connectivity index (χ0v) is 19.7. The third-order valence-corrected chi connectivity index (χ3v) is 11.1. The summed E-state index contributed by atoms with van der Waals surface area (Å²) in [5, 5.41) is 0.0637. The average Bonchev–Trinajstić information content (AvgIpc) is 3.18. The Morgan fingerprint density at radius 3 is 2.31 bits per heavy atom. The second-order valence-electron chi connectivity index (χ2n) is 9.46. The number of fused-ring (bicyclic) bond motifs is 4. The first-order valence-corrected chi connectivity index (χ1v) is 13.6. The summed E-state index contributed by atoms with van der Waals surface area (Å²) in [6.07, 6.45) is 2.28. The van der Waals surface area contributed by atoms with Crippen molar-refractivity contribution in [2.24, 2.45) is 5.92 Å². The van der Waals surface area contributed by atoms with Crippen molar-refractivity contribution in [1.29, 1.82) is 0 Å². The summed E-state index contributed by atoms with van der Waals surface area (Å²) in [5.41, 5.74) is 2.02. The van der Waals surface area contributed by atoms with Crippen molar-refractivity contribution < 1.29 is 28.2 Å². The Balaban J connectivity index is 1.99. The van der Waals surface area contributed by atoms with Crippen LogP contribution in [0.5, 0.6) is 0 Å². The molecule has 0 unspecified atom stereocenters. The topological polar surface area (TPSA) is 71.1 Å². The molecule has 0 spiro atoms. The van der Waals surface area contributed by atoms with Gasteiger partial charge in [-0.05, 0) is 56.5 Å². The van der Waals surface area contributed by atoms with Gasteiger partial charge < -0.3 is 18.6 Å². The lowest BCUT2D eigenvalue weighted by atomic mass is 9.87. The molecule has 1 saturated carbocycles. The van der Waals surface area contributed by atoms with E-state index >= 15 is 0 Å². The average molecular weight is 423 g/mol. The van der Waals surface area contributed by atoms with Gasteiger partial charge in [0.2, 0.25) is 0 Å². The van der Waals surface area contributed by atoms with Gasteiger partial charge in [0.1, 0.15) is 6.10 Å². The fraction of sp³-hybridized carbons (Fsp3) is 0.727. The zero-order valence-electron chi connectivity index (χ0n) is 18.7. The van der Waals surface area contributed by atoms with Gasteiger partial charge in [-0.2, -0.15) is 0 Å². The molecule has 3 rings (SSSR count). The monoisotopic (exact) mass is 422 g/mol. The van der Waals surface area contributed by atoms with Crippen molar-refractivity contribution in [3.63, 3.8) is 0 Å². The van der Waals surface area contributed by atoms with Gasteiger partial charge in [0, 0.05) is 5.92 Å². The molecular formula is C22H34O6Si. The Morgan fingerprint density at radius 1 is 1.10 bits per heavy atom. The maximum absolute atomic E-state index is 12.9. The Kier molecular flexibility index (Phi) is 6.14. The molecule has 1 fully saturated rings. The molecule has 4 atom stereocenters. The van der Waals surface area contributed by atoms with E-state index in [0.717, 1.165) is 18.4 Å². The molecular weight excluding hydrogens is 388 g/mol. The van der Waals surface area contributed by atoms with E-state index in [1.807, 2.05) is 0 Å². The number of hydrogen-bond donors (Lipinski definition) is 0. The van der Waals surface area contributed by atoms with E-state index < -0.39 is 14.4 Å². The van der Waals surface area contributed by atoms with Crippen LogP contribution in [0.2, 0.25) is 18.1 Å². The lowest BCUT2D eigenvalue weighted by Crippen LogP contribution is -2.45. The highest BCUT2D eigenvalue weighted by atomic mass is 28.4. The highest BCUT2D eigenvalue weighted by molar-refractivity contribution is 6.74. The normalized spacial score (nSPS) is 28.9. The van der Waals surface area contributed by atoms with Gasteiger partial charge in [-0.25, -0.2) is 9.59 Å². The number of esters is 2. The molecule has 162 valence electrons. The van der Waals surface area contributed by atoms with E-state index in [1.165, 1.54) is 0 Å². The Hall–Kier alpha value is -1.44. The van der Waals surface area contributed by atoms with E-state index in [4.69, 9.17) is 18.6 Å². The summed E-state index contributed by atoms with van der Waals surface area (Å²) < 4.78 is 23.5. The fourth-order valence-corrected chi connectivity index (χ4v) is 5.53. The molecule has 0 radical (unpaired) electrons. The van der Waals surface area contributed by atoms with Crippen LogP contribution in [0, 0.1) is 5.92 Å². The molecule has 0 aromatic heterocycles. The molecule has 3 aliphatic rings. The quantitative estimate of drug-likeness (QED) is 0.477. The number of ether oxygens (including phenoxy) is 3. The van der Waals surface area contributed by atoms with Crippen LogP contribution in [0.15, 0.2) is 22.8 Å². The number of carbonyl (C=O) groups is 2. The summed E-state index contributed by atoms with van der Waals surface area (Å²) in [6, 6.07) is 0. The molecule has 29 heavy (non-hydrogen) atoms. The molecule has 2 aliphatic heterocycles. The standard InChI is InChI=1S/C22H34O6Si/c1-8-25-20(23)14-12-16-18(21(24)26-9-2)17-13(19(14)27-16)10-11-15(17)28-29(6,7)22(3,4)5/h12-13,15-16,19H,8-11H2,1-7H3/t13-,15+,16+,19+/m0/s1. The van der Waals surface area contributed by atoms with Crippen LogP contribution in [0.3, 0.4) is 0 Å². The Bertz CT molecular complexity index is 745. The first-order chi connectivity index (χ1) is 13.5. The van der Waals surface area contributed by atoms with Crippen molar-refractivity contribution >= 4 is 20.3 Å². The largest absolute Gasteiger partial charge is 0.463 e. The van der Waals surface area contributed by atoms with Gasteiger partial charge in [0.25, 0.3) is 0 Å². The van der Waals surface area contributed by atoms with Crippen LogP contribution in [-0.2, 0) is 28.2 Å². The van der Waals surface area contributed by atoms with Crippen LogP contribution >= 0.6 is 0 Å². The van der Waals surface area contributed by atoms with Crippen LogP contribution < -0.4 is 0 Å². The SMILES string of the molecule is CCOC(=O)C1=C[C@H]2O[C@@H]1[C@H]1CC[C@@H](O[Si](C)(C)C(C)(C)C)C1=C2C(=O)OCC. The minimum Gasteiger partial charge on any atom is -0.463 e. The predicted octanol–water partition coefficient (Wildman–Crippen LogP) is 3.92. The van der Waals surface area contributed by atoms with E-state index in [-0.39, 0.29) is 35.1 Å². The van der Waals surface area contributed by atoms with Gasteiger partial charge in [-0.3, -0.25) is 0 Å². The minimum absolute atomic E-state index is 0.0569. The summed E-state index contributed by atoms with van der Waals surface area (Å²) in [6.45, 7) is 15.2. The second kappa shape index (κ2) is 8.00. The highest BCUT2D eigenvalue weighted by Gasteiger charge is 2.53. The molecule has 6 nitrogen and oxygen atoms in total. The predicted molar refractivity (Wildman–Crippen MR) is 112 cm³/mol. The molecule has 2 bridgehead atoms. The van der Waals surface area contributed by atoms with Crippen molar-refractivity contribution in [2.45, 2.75) is 83.9 Å². The van der Waals surface area contributed by atoms with E-state index in [1.54, 1.807) is 19.9 Å². The number of hydrogen-bond acceptors (Lipinski definition) is 6. The molecule has 2 heterocycles. The Morgan fingerprint density at radius 2 is 1.72 bits per heavy atom. The van der Waals surface area contributed by atoms with Crippen LogP contribution in [0.25, 0.3) is 0 Å². The maximum Gasteiger partial charge on any atom is 0.337 e. The molecule has 0 amide bonds. The summed E-state index contributed by atoms with van der Waals surface area (Å²) in [7, 11) is -2.04. The van der Waals surface area contributed by atoms with Crippen molar-refractivity contribution in [3.05, 3.63) is 22.8 Å². The number of carbonyl (C=O) groups excluding carboxylic acids is 2. The van der Waals surface area contributed by atoms with Crippen molar-refractivity contribution in [3.8, 4) is 0 Å². The highest BCUT2D eigenvalue weighted by Crippen LogP contribution is 2.51. The molecule has 1 aliphatic carbocycles.